The number of halogens is 1. The van der Waals surface area contributed by atoms with E-state index in [1.807, 2.05) is 6.07 Å². The maximum atomic E-state index is 13.9. The standard InChI is InChI=1S/C19H28FN3O4S/c1-27-18-7-6-15(13-16(18)20)14-21-9-11-22(12-10-21)19(24)17-5-3-4-8-23(17)28(2,25)26/h6-7,13,17H,3-5,8-12,14H2,1-2H3. The summed E-state index contributed by atoms with van der Waals surface area (Å²) in [5.74, 6) is -0.255. The van der Waals surface area contributed by atoms with Crippen LogP contribution in [0.1, 0.15) is 24.8 Å². The van der Waals surface area contributed by atoms with Crippen molar-refractivity contribution in [2.75, 3.05) is 46.1 Å². The minimum atomic E-state index is -3.39. The third-order valence-electron chi connectivity index (χ3n) is 5.47. The molecule has 1 aromatic rings. The first-order valence-electron chi connectivity index (χ1n) is 9.60. The van der Waals surface area contributed by atoms with Crippen LogP contribution in [0.5, 0.6) is 5.75 Å². The SMILES string of the molecule is COc1ccc(CN2CCN(C(=O)C3CCCCN3S(C)(=O)=O)CC2)cc1F. The second-order valence-electron chi connectivity index (χ2n) is 7.46. The van der Waals surface area contributed by atoms with E-state index in [-0.39, 0.29) is 17.5 Å². The quantitative estimate of drug-likeness (QED) is 0.728. The number of rotatable bonds is 5. The summed E-state index contributed by atoms with van der Waals surface area (Å²) in [5.41, 5.74) is 0.855. The van der Waals surface area contributed by atoms with Gasteiger partial charge in [-0.1, -0.05) is 12.5 Å². The number of amides is 1. The molecular weight excluding hydrogens is 385 g/mol. The largest absolute Gasteiger partial charge is 0.494 e. The van der Waals surface area contributed by atoms with Crippen molar-refractivity contribution in [2.45, 2.75) is 31.8 Å². The van der Waals surface area contributed by atoms with Crippen LogP contribution >= 0.6 is 0 Å². The van der Waals surface area contributed by atoms with Gasteiger partial charge in [0.2, 0.25) is 15.9 Å². The van der Waals surface area contributed by atoms with Gasteiger partial charge in [0.15, 0.2) is 11.6 Å². The molecule has 0 bridgehead atoms. The van der Waals surface area contributed by atoms with E-state index in [1.54, 1.807) is 11.0 Å². The number of methoxy groups -OCH3 is 1. The Morgan fingerprint density at radius 1 is 1.18 bits per heavy atom. The van der Waals surface area contributed by atoms with Gasteiger partial charge in [-0.2, -0.15) is 4.31 Å². The molecule has 1 unspecified atom stereocenters. The van der Waals surface area contributed by atoms with Gasteiger partial charge in [-0.3, -0.25) is 9.69 Å². The van der Waals surface area contributed by atoms with E-state index < -0.39 is 16.1 Å². The molecule has 2 heterocycles. The fourth-order valence-corrected chi connectivity index (χ4v) is 5.07. The number of nitrogens with zero attached hydrogens (tertiary/aromatic N) is 3. The summed E-state index contributed by atoms with van der Waals surface area (Å²) in [6, 6.07) is 4.35. The zero-order valence-corrected chi connectivity index (χ0v) is 17.3. The maximum Gasteiger partial charge on any atom is 0.241 e. The zero-order valence-electron chi connectivity index (χ0n) is 16.4. The van der Waals surface area contributed by atoms with Crippen molar-refractivity contribution in [3.63, 3.8) is 0 Å². The van der Waals surface area contributed by atoms with Gasteiger partial charge in [0, 0.05) is 39.3 Å². The van der Waals surface area contributed by atoms with Gasteiger partial charge in [0.25, 0.3) is 0 Å². The Morgan fingerprint density at radius 3 is 2.50 bits per heavy atom. The van der Waals surface area contributed by atoms with Crippen molar-refractivity contribution in [1.82, 2.24) is 14.1 Å². The molecule has 0 aliphatic carbocycles. The molecule has 3 rings (SSSR count). The average molecular weight is 414 g/mol. The van der Waals surface area contributed by atoms with Gasteiger partial charge in [-0.15, -0.1) is 0 Å². The normalized spacial score (nSPS) is 22.2. The van der Waals surface area contributed by atoms with Gasteiger partial charge in [0.1, 0.15) is 6.04 Å². The lowest BCUT2D eigenvalue weighted by Gasteiger charge is -2.40. The summed E-state index contributed by atoms with van der Waals surface area (Å²) >= 11 is 0. The molecule has 0 radical (unpaired) electrons. The minimum Gasteiger partial charge on any atom is -0.494 e. The predicted molar refractivity (Wildman–Crippen MR) is 104 cm³/mol. The lowest BCUT2D eigenvalue weighted by Crippen LogP contribution is -2.56. The highest BCUT2D eigenvalue weighted by Gasteiger charge is 2.37. The van der Waals surface area contributed by atoms with E-state index in [4.69, 9.17) is 4.74 Å². The molecule has 28 heavy (non-hydrogen) atoms. The summed E-state index contributed by atoms with van der Waals surface area (Å²) in [4.78, 5) is 16.9. The van der Waals surface area contributed by atoms with Crippen LogP contribution in [0.4, 0.5) is 4.39 Å². The fourth-order valence-electron chi connectivity index (χ4n) is 3.95. The van der Waals surface area contributed by atoms with Crippen LogP contribution in [-0.4, -0.2) is 80.6 Å². The molecule has 9 heteroatoms. The fraction of sp³-hybridized carbons (Fsp3) is 0.632. The molecule has 156 valence electrons. The van der Waals surface area contributed by atoms with E-state index in [9.17, 15) is 17.6 Å². The number of piperazine rings is 1. The van der Waals surface area contributed by atoms with E-state index in [0.717, 1.165) is 18.4 Å². The summed E-state index contributed by atoms with van der Waals surface area (Å²) in [6.45, 7) is 3.45. The third kappa shape index (κ3) is 4.82. The van der Waals surface area contributed by atoms with Crippen molar-refractivity contribution in [3.05, 3.63) is 29.6 Å². The van der Waals surface area contributed by atoms with Crippen LogP contribution in [0.25, 0.3) is 0 Å². The second kappa shape index (κ2) is 8.75. The molecule has 1 aromatic carbocycles. The first-order chi connectivity index (χ1) is 13.3. The lowest BCUT2D eigenvalue weighted by atomic mass is 10.0. The molecule has 0 aromatic heterocycles. The zero-order chi connectivity index (χ0) is 20.3. The Labute approximate surface area is 166 Å². The maximum absolute atomic E-state index is 13.9. The Morgan fingerprint density at radius 2 is 1.89 bits per heavy atom. The molecule has 1 atom stereocenters. The van der Waals surface area contributed by atoms with E-state index in [1.165, 1.54) is 23.7 Å². The number of carbonyl (C=O) groups is 1. The molecule has 0 saturated carbocycles. The number of hydrogen-bond donors (Lipinski definition) is 0. The monoisotopic (exact) mass is 413 g/mol. The molecule has 7 nitrogen and oxygen atoms in total. The summed E-state index contributed by atoms with van der Waals surface area (Å²) < 4.78 is 44.2. The minimum absolute atomic E-state index is 0.0970. The van der Waals surface area contributed by atoms with E-state index >= 15 is 0 Å². The van der Waals surface area contributed by atoms with Crippen molar-refractivity contribution >= 4 is 15.9 Å². The van der Waals surface area contributed by atoms with E-state index in [2.05, 4.69) is 4.90 Å². The number of piperidine rings is 1. The van der Waals surface area contributed by atoms with Crippen LogP contribution in [0.2, 0.25) is 0 Å². The molecule has 2 aliphatic heterocycles. The van der Waals surface area contributed by atoms with Crippen LogP contribution in [0.15, 0.2) is 18.2 Å². The smallest absolute Gasteiger partial charge is 0.241 e. The first-order valence-corrected chi connectivity index (χ1v) is 11.4. The Balaban J connectivity index is 1.57. The van der Waals surface area contributed by atoms with Gasteiger partial charge >= 0.3 is 0 Å². The Bertz CT molecular complexity index is 809. The highest BCUT2D eigenvalue weighted by Crippen LogP contribution is 2.23. The van der Waals surface area contributed by atoms with Gasteiger partial charge in [-0.25, -0.2) is 12.8 Å². The van der Waals surface area contributed by atoms with Crippen molar-refractivity contribution < 1.29 is 22.3 Å². The number of benzene rings is 1. The summed E-state index contributed by atoms with van der Waals surface area (Å²) in [6.07, 6.45) is 3.41. The van der Waals surface area contributed by atoms with E-state index in [0.29, 0.717) is 45.7 Å². The van der Waals surface area contributed by atoms with Gasteiger partial charge in [0.05, 0.1) is 13.4 Å². The van der Waals surface area contributed by atoms with Crippen LogP contribution in [-0.2, 0) is 21.4 Å². The molecule has 2 saturated heterocycles. The van der Waals surface area contributed by atoms with Crippen LogP contribution in [0.3, 0.4) is 0 Å². The number of sulfonamides is 1. The second-order valence-corrected chi connectivity index (χ2v) is 9.39. The molecule has 0 N–H and O–H groups in total. The molecule has 2 aliphatic rings. The van der Waals surface area contributed by atoms with Gasteiger partial charge < -0.3 is 9.64 Å². The van der Waals surface area contributed by atoms with Crippen LogP contribution in [0, 0.1) is 5.82 Å². The Hall–Kier alpha value is -1.71. The summed E-state index contributed by atoms with van der Waals surface area (Å²) in [5, 5.41) is 0. The number of carbonyl (C=O) groups excluding carboxylic acids is 1. The highest BCUT2D eigenvalue weighted by atomic mass is 32.2. The van der Waals surface area contributed by atoms with Crippen molar-refractivity contribution in [2.24, 2.45) is 0 Å². The Kier molecular flexibility index (Phi) is 6.57. The molecule has 1 amide bonds. The van der Waals surface area contributed by atoms with Crippen molar-refractivity contribution in [3.8, 4) is 5.75 Å². The van der Waals surface area contributed by atoms with Crippen molar-refractivity contribution in [1.29, 1.82) is 0 Å². The molecule has 2 fully saturated rings. The predicted octanol–water partition coefficient (Wildman–Crippen LogP) is 1.29. The topological polar surface area (TPSA) is 70.2 Å². The molecular formula is C19H28FN3O4S. The average Bonchev–Trinajstić information content (AvgIpc) is 2.67. The number of hydrogen-bond acceptors (Lipinski definition) is 5. The van der Waals surface area contributed by atoms with Gasteiger partial charge in [-0.05, 0) is 30.5 Å². The lowest BCUT2D eigenvalue weighted by molar-refractivity contribution is -0.138. The summed E-state index contributed by atoms with van der Waals surface area (Å²) in [7, 11) is -1.95. The number of ether oxygens (including phenoxy) is 1. The first kappa shape index (κ1) is 21.0. The molecule has 0 spiro atoms. The van der Waals surface area contributed by atoms with Crippen LogP contribution < -0.4 is 4.74 Å². The highest BCUT2D eigenvalue weighted by molar-refractivity contribution is 7.88. The third-order valence-corrected chi connectivity index (χ3v) is 6.76.